The minimum Gasteiger partial charge on any atom is -0.352 e. The van der Waals surface area contributed by atoms with Crippen LogP contribution >= 0.6 is 11.6 Å². The molecule has 2 amide bonds. The van der Waals surface area contributed by atoms with Gasteiger partial charge < -0.3 is 10.2 Å². The van der Waals surface area contributed by atoms with Gasteiger partial charge in [0.05, 0.1) is 11.9 Å². The summed E-state index contributed by atoms with van der Waals surface area (Å²) in [5, 5.41) is 3.63. The first kappa shape index (κ1) is 30.0. The number of carbonyl (C=O) groups excluding carboxylic acids is 2. The van der Waals surface area contributed by atoms with Crippen molar-refractivity contribution in [2.75, 3.05) is 17.1 Å². The van der Waals surface area contributed by atoms with Crippen LogP contribution in [-0.4, -0.2) is 50.0 Å². The molecule has 2 aromatic carbocycles. The number of halogens is 1. The van der Waals surface area contributed by atoms with E-state index in [9.17, 15) is 18.0 Å². The fourth-order valence-electron chi connectivity index (χ4n) is 5.11. The standard InChI is InChI=1S/C29H40ClN3O4S/c1-4-27(29(35)31-25-14-6-5-7-15-25)32(21-23-12-8-11-22(2)19-23)28(34)17-10-18-33(38(3,36)37)26-16-9-13-24(30)20-26/h8-9,11-13,16,19-20,25,27H,4-7,10,14-15,17-18,21H2,1-3H3,(H,31,35)/t27-/m0/s1. The zero-order valence-corrected chi connectivity index (χ0v) is 24.2. The van der Waals surface area contributed by atoms with Crippen LogP contribution < -0.4 is 9.62 Å². The monoisotopic (exact) mass is 561 g/mol. The van der Waals surface area contributed by atoms with Gasteiger partial charge in [0.25, 0.3) is 0 Å². The second kappa shape index (κ2) is 14.0. The Kier molecular flexibility index (Phi) is 11.0. The molecule has 0 radical (unpaired) electrons. The van der Waals surface area contributed by atoms with Crippen molar-refractivity contribution in [2.45, 2.75) is 83.8 Å². The molecule has 2 aromatic rings. The third-order valence-corrected chi connectivity index (χ3v) is 8.45. The lowest BCUT2D eigenvalue weighted by Gasteiger charge is -2.33. The highest BCUT2D eigenvalue weighted by Crippen LogP contribution is 2.23. The Morgan fingerprint density at radius 3 is 2.42 bits per heavy atom. The Hall–Kier alpha value is -2.58. The fourth-order valence-corrected chi connectivity index (χ4v) is 6.25. The summed E-state index contributed by atoms with van der Waals surface area (Å²) in [5.74, 6) is -0.284. The van der Waals surface area contributed by atoms with Gasteiger partial charge in [0.1, 0.15) is 6.04 Å². The van der Waals surface area contributed by atoms with Crippen molar-refractivity contribution in [1.82, 2.24) is 10.2 Å². The van der Waals surface area contributed by atoms with Crippen LogP contribution in [0.25, 0.3) is 0 Å². The first-order valence-corrected chi connectivity index (χ1v) is 15.7. The van der Waals surface area contributed by atoms with E-state index in [4.69, 9.17) is 11.6 Å². The number of hydrogen-bond acceptors (Lipinski definition) is 4. The molecule has 1 N–H and O–H groups in total. The Bertz CT molecular complexity index is 1200. The molecule has 1 fully saturated rings. The molecular formula is C29H40ClN3O4S. The number of nitrogens with one attached hydrogen (secondary N) is 1. The number of nitrogens with zero attached hydrogens (tertiary/aromatic N) is 2. The third-order valence-electron chi connectivity index (χ3n) is 7.02. The summed E-state index contributed by atoms with van der Waals surface area (Å²) in [5.41, 5.74) is 2.50. The van der Waals surface area contributed by atoms with Crippen molar-refractivity contribution < 1.29 is 18.0 Å². The average Bonchev–Trinajstić information content (AvgIpc) is 2.86. The SMILES string of the molecule is CC[C@@H](C(=O)NC1CCCCC1)N(Cc1cccc(C)c1)C(=O)CCCN(c1cccc(Cl)c1)S(C)(=O)=O. The van der Waals surface area contributed by atoms with Crippen LogP contribution in [-0.2, 0) is 26.2 Å². The van der Waals surface area contributed by atoms with E-state index < -0.39 is 16.1 Å². The van der Waals surface area contributed by atoms with E-state index in [0.717, 1.165) is 43.1 Å². The van der Waals surface area contributed by atoms with Crippen molar-refractivity contribution in [2.24, 2.45) is 0 Å². The molecule has 0 aromatic heterocycles. The number of rotatable bonds is 12. The van der Waals surface area contributed by atoms with Crippen LogP contribution in [0.1, 0.15) is 69.4 Å². The molecule has 0 saturated heterocycles. The maximum absolute atomic E-state index is 13.6. The third kappa shape index (κ3) is 8.73. The van der Waals surface area contributed by atoms with Crippen LogP contribution in [0.3, 0.4) is 0 Å². The van der Waals surface area contributed by atoms with Crippen molar-refractivity contribution in [1.29, 1.82) is 0 Å². The number of amides is 2. The lowest BCUT2D eigenvalue weighted by Crippen LogP contribution is -2.51. The highest BCUT2D eigenvalue weighted by molar-refractivity contribution is 7.92. The second-order valence-electron chi connectivity index (χ2n) is 10.2. The first-order valence-electron chi connectivity index (χ1n) is 13.5. The maximum atomic E-state index is 13.6. The topological polar surface area (TPSA) is 86.8 Å². The van der Waals surface area contributed by atoms with Crippen LogP contribution in [0.15, 0.2) is 48.5 Å². The highest BCUT2D eigenvalue weighted by Gasteiger charge is 2.30. The lowest BCUT2D eigenvalue weighted by molar-refractivity contribution is -0.141. The Balaban J connectivity index is 1.76. The van der Waals surface area contributed by atoms with Crippen LogP contribution in [0, 0.1) is 6.92 Å². The second-order valence-corrected chi connectivity index (χ2v) is 12.5. The normalized spacial score (nSPS) is 15.1. The maximum Gasteiger partial charge on any atom is 0.243 e. The van der Waals surface area contributed by atoms with E-state index in [-0.39, 0.29) is 30.8 Å². The molecule has 3 rings (SSSR count). The molecular weight excluding hydrogens is 522 g/mol. The van der Waals surface area contributed by atoms with Crippen molar-refractivity contribution >= 4 is 39.1 Å². The molecule has 1 aliphatic rings. The average molecular weight is 562 g/mol. The summed E-state index contributed by atoms with van der Waals surface area (Å²) in [6.07, 6.45) is 7.42. The summed E-state index contributed by atoms with van der Waals surface area (Å²) in [6.45, 7) is 4.37. The summed E-state index contributed by atoms with van der Waals surface area (Å²) < 4.78 is 26.3. The Morgan fingerprint density at radius 2 is 1.79 bits per heavy atom. The zero-order valence-electron chi connectivity index (χ0n) is 22.7. The van der Waals surface area contributed by atoms with Crippen molar-refractivity contribution in [3.8, 4) is 0 Å². The minimum absolute atomic E-state index is 0.114. The molecule has 7 nitrogen and oxygen atoms in total. The Morgan fingerprint density at radius 1 is 1.08 bits per heavy atom. The van der Waals surface area contributed by atoms with E-state index in [1.807, 2.05) is 38.1 Å². The van der Waals surface area contributed by atoms with Gasteiger partial charge >= 0.3 is 0 Å². The Labute approximate surface area is 232 Å². The molecule has 1 saturated carbocycles. The molecule has 1 aliphatic carbocycles. The molecule has 208 valence electrons. The number of anilines is 1. The van der Waals surface area contributed by atoms with Crippen molar-refractivity contribution in [3.05, 3.63) is 64.7 Å². The molecule has 0 heterocycles. The summed E-state index contributed by atoms with van der Waals surface area (Å²) >= 11 is 6.08. The molecule has 0 aliphatic heterocycles. The van der Waals surface area contributed by atoms with Gasteiger partial charge in [-0.15, -0.1) is 0 Å². The molecule has 38 heavy (non-hydrogen) atoms. The number of benzene rings is 2. The quantitative estimate of drug-likeness (QED) is 0.373. The van der Waals surface area contributed by atoms with Crippen LogP contribution in [0.5, 0.6) is 0 Å². The van der Waals surface area contributed by atoms with Crippen molar-refractivity contribution in [3.63, 3.8) is 0 Å². The van der Waals surface area contributed by atoms with E-state index in [1.165, 1.54) is 10.7 Å². The predicted molar refractivity (Wildman–Crippen MR) is 154 cm³/mol. The molecule has 0 spiro atoms. The van der Waals surface area contributed by atoms with Crippen LogP contribution in [0.2, 0.25) is 5.02 Å². The fraction of sp³-hybridized carbons (Fsp3) is 0.517. The summed E-state index contributed by atoms with van der Waals surface area (Å²) in [6, 6.07) is 14.1. The first-order chi connectivity index (χ1) is 18.1. The molecule has 0 bridgehead atoms. The summed E-state index contributed by atoms with van der Waals surface area (Å²) in [7, 11) is -3.57. The van der Waals surface area contributed by atoms with Gasteiger partial charge in [-0.05, 0) is 56.4 Å². The van der Waals surface area contributed by atoms with Gasteiger partial charge in [-0.3, -0.25) is 13.9 Å². The largest absolute Gasteiger partial charge is 0.352 e. The molecule has 9 heteroatoms. The zero-order chi connectivity index (χ0) is 27.7. The van der Waals surface area contributed by atoms with Gasteiger partial charge in [-0.25, -0.2) is 8.42 Å². The van der Waals surface area contributed by atoms with Gasteiger partial charge in [-0.1, -0.05) is 73.7 Å². The predicted octanol–water partition coefficient (Wildman–Crippen LogP) is 5.45. The number of sulfonamides is 1. The van der Waals surface area contributed by atoms with E-state index in [2.05, 4.69) is 5.32 Å². The van der Waals surface area contributed by atoms with Crippen LogP contribution in [0.4, 0.5) is 5.69 Å². The highest BCUT2D eigenvalue weighted by atomic mass is 35.5. The van der Waals surface area contributed by atoms with Gasteiger partial charge in [0, 0.05) is 30.6 Å². The molecule has 1 atom stereocenters. The van der Waals surface area contributed by atoms with E-state index >= 15 is 0 Å². The van der Waals surface area contributed by atoms with E-state index in [0.29, 0.717) is 30.1 Å². The lowest BCUT2D eigenvalue weighted by atomic mass is 9.95. The number of hydrogen-bond donors (Lipinski definition) is 1. The van der Waals surface area contributed by atoms with E-state index in [1.54, 1.807) is 29.2 Å². The molecule has 0 unspecified atom stereocenters. The van der Waals surface area contributed by atoms with Gasteiger partial charge in [0.15, 0.2) is 0 Å². The summed E-state index contributed by atoms with van der Waals surface area (Å²) in [4.78, 5) is 28.6. The minimum atomic E-state index is -3.57. The number of aryl methyl sites for hydroxylation is 1. The van der Waals surface area contributed by atoms with Gasteiger partial charge in [0.2, 0.25) is 21.8 Å². The number of carbonyl (C=O) groups is 2. The smallest absolute Gasteiger partial charge is 0.243 e. The van der Waals surface area contributed by atoms with Gasteiger partial charge in [-0.2, -0.15) is 0 Å².